The normalized spacial score (nSPS) is 19.4. The Morgan fingerprint density at radius 3 is 2.15 bits per heavy atom. The molecule has 1 aliphatic heterocycles. The molecule has 47 heavy (non-hydrogen) atoms. The standard InChI is InChI=1S/C35H42ClN3O7S/c1-5-44-33(40)31(46-27-14-8-24(9-15-27)35(2,3)4)20-23-6-12-26(13-7-23)45-19-18-37-32-29-21-39(22-30(29)32)34(41)38-47(42,43)28-16-10-25(36)11-17-28/h6-17,29-32,37H,5,18-22H2,1-4H3,(H,38,41)/t29-,30+,31-,32?/m0/s1. The molecule has 1 heterocycles. The Kier molecular flexibility index (Phi) is 10.7. The number of nitrogens with zero attached hydrogens (tertiary/aromatic N) is 1. The van der Waals surface area contributed by atoms with Crippen LogP contribution in [0.5, 0.6) is 11.5 Å². The Bertz CT molecular complexity index is 1630. The van der Waals surface area contributed by atoms with E-state index in [-0.39, 0.29) is 34.8 Å². The number of benzene rings is 3. The summed E-state index contributed by atoms with van der Waals surface area (Å²) >= 11 is 5.83. The lowest BCUT2D eigenvalue weighted by Gasteiger charge is -2.21. The number of nitrogens with one attached hydrogen (secondary N) is 2. The van der Waals surface area contributed by atoms with Crippen molar-refractivity contribution >= 4 is 33.6 Å². The highest BCUT2D eigenvalue weighted by molar-refractivity contribution is 7.90. The topological polar surface area (TPSA) is 123 Å². The number of hydrogen-bond donors (Lipinski definition) is 2. The predicted octanol–water partition coefficient (Wildman–Crippen LogP) is 5.19. The fourth-order valence-electron chi connectivity index (χ4n) is 5.78. The van der Waals surface area contributed by atoms with Gasteiger partial charge in [-0.1, -0.05) is 56.6 Å². The first-order valence-electron chi connectivity index (χ1n) is 15.8. The van der Waals surface area contributed by atoms with Gasteiger partial charge in [-0.25, -0.2) is 22.7 Å². The van der Waals surface area contributed by atoms with Crippen molar-refractivity contribution in [2.24, 2.45) is 11.8 Å². The number of rotatable bonds is 13. The van der Waals surface area contributed by atoms with Gasteiger partial charge in [-0.15, -0.1) is 0 Å². The maximum absolute atomic E-state index is 12.7. The van der Waals surface area contributed by atoms with Crippen molar-refractivity contribution in [3.05, 3.63) is 88.9 Å². The Balaban J connectivity index is 1.03. The molecular weight excluding hydrogens is 642 g/mol. The quantitative estimate of drug-likeness (QED) is 0.187. The molecule has 3 aromatic rings. The first-order chi connectivity index (χ1) is 22.3. The molecule has 4 atom stereocenters. The number of carbonyl (C=O) groups is 2. The third-order valence-electron chi connectivity index (χ3n) is 8.47. The van der Waals surface area contributed by atoms with Gasteiger partial charge < -0.3 is 24.4 Å². The average molecular weight is 684 g/mol. The summed E-state index contributed by atoms with van der Waals surface area (Å²) in [5.41, 5.74) is 2.12. The van der Waals surface area contributed by atoms with Crippen LogP contribution in [0.15, 0.2) is 77.7 Å². The second-order valence-corrected chi connectivity index (χ2v) is 15.0. The smallest absolute Gasteiger partial charge is 0.347 e. The lowest BCUT2D eigenvalue weighted by molar-refractivity contribution is -0.151. The number of halogens is 1. The van der Waals surface area contributed by atoms with E-state index in [9.17, 15) is 18.0 Å². The van der Waals surface area contributed by atoms with Crippen molar-refractivity contribution in [2.75, 3.05) is 32.8 Å². The van der Waals surface area contributed by atoms with Gasteiger partial charge in [0, 0.05) is 37.1 Å². The van der Waals surface area contributed by atoms with Gasteiger partial charge in [0.15, 0.2) is 6.10 Å². The van der Waals surface area contributed by atoms with Crippen molar-refractivity contribution in [1.29, 1.82) is 0 Å². The summed E-state index contributed by atoms with van der Waals surface area (Å²) in [7, 11) is -3.97. The van der Waals surface area contributed by atoms with E-state index in [1.165, 1.54) is 29.8 Å². The molecule has 2 fully saturated rings. The van der Waals surface area contributed by atoms with Crippen LogP contribution in [-0.2, 0) is 31.4 Å². The number of carbonyl (C=O) groups excluding carboxylic acids is 2. The molecule has 3 aromatic carbocycles. The van der Waals surface area contributed by atoms with E-state index in [4.69, 9.17) is 25.8 Å². The van der Waals surface area contributed by atoms with Crippen LogP contribution in [-0.4, -0.2) is 70.3 Å². The molecular formula is C35H42ClN3O7S. The molecule has 1 aliphatic carbocycles. The second kappa shape index (κ2) is 14.5. The first-order valence-corrected chi connectivity index (χ1v) is 17.7. The lowest BCUT2D eigenvalue weighted by Crippen LogP contribution is -2.44. The van der Waals surface area contributed by atoms with Gasteiger partial charge in [0.2, 0.25) is 0 Å². The van der Waals surface area contributed by atoms with Crippen LogP contribution in [0.2, 0.25) is 5.02 Å². The molecule has 2 amide bonds. The van der Waals surface area contributed by atoms with E-state index in [0.717, 1.165) is 5.56 Å². The zero-order valence-corrected chi connectivity index (χ0v) is 28.6. The number of fused-ring (bicyclic) bond motifs is 1. The van der Waals surface area contributed by atoms with Crippen LogP contribution in [0.4, 0.5) is 4.79 Å². The Hall–Kier alpha value is -3.80. The van der Waals surface area contributed by atoms with E-state index in [2.05, 4.69) is 30.8 Å². The van der Waals surface area contributed by atoms with Crippen molar-refractivity contribution < 1.29 is 32.2 Å². The van der Waals surface area contributed by atoms with Gasteiger partial charge in [-0.05, 0) is 83.8 Å². The van der Waals surface area contributed by atoms with Gasteiger partial charge in [-0.2, -0.15) is 0 Å². The van der Waals surface area contributed by atoms with Crippen LogP contribution < -0.4 is 19.5 Å². The zero-order valence-electron chi connectivity index (χ0n) is 27.1. The number of piperidine rings is 1. The molecule has 1 saturated carbocycles. The van der Waals surface area contributed by atoms with Crippen molar-refractivity contribution in [3.63, 3.8) is 0 Å². The molecule has 0 spiro atoms. The maximum atomic E-state index is 12.7. The minimum absolute atomic E-state index is 0.0125. The van der Waals surface area contributed by atoms with Gasteiger partial charge in [-0.3, -0.25) is 0 Å². The molecule has 1 saturated heterocycles. The van der Waals surface area contributed by atoms with Crippen molar-refractivity contribution in [2.45, 2.75) is 56.6 Å². The van der Waals surface area contributed by atoms with E-state index in [0.29, 0.717) is 49.2 Å². The number of urea groups is 1. The van der Waals surface area contributed by atoms with Crippen molar-refractivity contribution in [1.82, 2.24) is 14.9 Å². The Labute approximate surface area is 281 Å². The fraction of sp³-hybridized carbons (Fsp3) is 0.429. The van der Waals surface area contributed by atoms with E-state index < -0.39 is 28.1 Å². The van der Waals surface area contributed by atoms with Gasteiger partial charge in [0.05, 0.1) is 11.5 Å². The maximum Gasteiger partial charge on any atom is 0.347 e. The Morgan fingerprint density at radius 2 is 1.55 bits per heavy atom. The van der Waals surface area contributed by atoms with Gasteiger partial charge in [0.25, 0.3) is 10.0 Å². The Morgan fingerprint density at radius 1 is 0.936 bits per heavy atom. The summed E-state index contributed by atoms with van der Waals surface area (Å²) in [6.07, 6.45) is -0.423. The summed E-state index contributed by atoms with van der Waals surface area (Å²) in [4.78, 5) is 26.8. The average Bonchev–Trinajstić information content (AvgIpc) is 3.46. The second-order valence-electron chi connectivity index (χ2n) is 12.9. The molecule has 10 nitrogen and oxygen atoms in total. The fourth-order valence-corrected chi connectivity index (χ4v) is 6.88. The highest BCUT2D eigenvalue weighted by atomic mass is 35.5. The molecule has 0 aromatic heterocycles. The van der Waals surface area contributed by atoms with Crippen LogP contribution in [0.3, 0.4) is 0 Å². The number of sulfonamides is 1. The molecule has 2 aliphatic rings. The van der Waals surface area contributed by atoms with E-state index in [1.807, 2.05) is 48.5 Å². The molecule has 0 radical (unpaired) electrons. The van der Waals surface area contributed by atoms with Crippen molar-refractivity contribution in [3.8, 4) is 11.5 Å². The summed E-state index contributed by atoms with van der Waals surface area (Å²) < 4.78 is 44.5. The first kappa shape index (κ1) is 34.5. The summed E-state index contributed by atoms with van der Waals surface area (Å²) in [5.74, 6) is 1.48. The highest BCUT2D eigenvalue weighted by Crippen LogP contribution is 2.45. The summed E-state index contributed by atoms with van der Waals surface area (Å²) in [5, 5.41) is 3.90. The van der Waals surface area contributed by atoms with Gasteiger partial charge >= 0.3 is 12.0 Å². The number of esters is 1. The molecule has 5 rings (SSSR count). The third-order valence-corrected chi connectivity index (χ3v) is 10.1. The molecule has 0 bridgehead atoms. The highest BCUT2D eigenvalue weighted by Gasteiger charge is 2.56. The van der Waals surface area contributed by atoms with Crippen LogP contribution in [0.1, 0.15) is 38.8 Å². The largest absolute Gasteiger partial charge is 0.492 e. The third kappa shape index (κ3) is 8.97. The lowest BCUT2D eigenvalue weighted by atomic mass is 9.87. The molecule has 2 N–H and O–H groups in total. The summed E-state index contributed by atoms with van der Waals surface area (Å²) in [6.45, 7) is 10.6. The SMILES string of the molecule is CCOC(=O)[C@H](Cc1ccc(OCCNC2[C@H]3CN(C(=O)NS(=O)(=O)c4ccc(Cl)cc4)C[C@@H]23)cc1)Oc1ccc(C(C)(C)C)cc1. The van der Waals surface area contributed by atoms with E-state index >= 15 is 0 Å². The molecule has 1 unspecified atom stereocenters. The van der Waals surface area contributed by atoms with Gasteiger partial charge in [0.1, 0.15) is 18.1 Å². The molecule has 12 heteroatoms. The molecule has 252 valence electrons. The number of likely N-dealkylation sites (tertiary alicyclic amines) is 1. The number of hydrogen-bond acceptors (Lipinski definition) is 8. The van der Waals surface area contributed by atoms with Crippen LogP contribution in [0, 0.1) is 11.8 Å². The summed E-state index contributed by atoms with van der Waals surface area (Å²) in [6, 6.07) is 20.7. The van der Waals surface area contributed by atoms with E-state index in [1.54, 1.807) is 11.8 Å². The zero-order chi connectivity index (χ0) is 33.8. The number of ether oxygens (including phenoxy) is 3. The minimum atomic E-state index is -3.97. The van der Waals surface area contributed by atoms with Crippen LogP contribution in [0.25, 0.3) is 0 Å². The monoisotopic (exact) mass is 683 g/mol. The predicted molar refractivity (Wildman–Crippen MR) is 179 cm³/mol. The van der Waals surface area contributed by atoms with Crippen LogP contribution >= 0.6 is 11.6 Å². The minimum Gasteiger partial charge on any atom is -0.492 e. The number of amides is 2.